The molecule has 5 atom stereocenters. The molecule has 1 aliphatic rings. The van der Waals surface area contributed by atoms with Gasteiger partial charge in [-0.15, -0.1) is 0 Å². The lowest BCUT2D eigenvalue weighted by Crippen LogP contribution is -2.59. The summed E-state index contributed by atoms with van der Waals surface area (Å²) in [6, 6.07) is 0. The summed E-state index contributed by atoms with van der Waals surface area (Å²) in [5.41, 5.74) is 4.88. The Morgan fingerprint density at radius 1 is 1.29 bits per heavy atom. The van der Waals surface area contributed by atoms with E-state index in [1.807, 2.05) is 0 Å². The second kappa shape index (κ2) is 4.20. The first-order valence-electron chi connectivity index (χ1n) is 4.09. The highest BCUT2D eigenvalue weighted by Crippen LogP contribution is 2.24. The molecule has 0 saturated carbocycles. The van der Waals surface area contributed by atoms with E-state index >= 15 is 0 Å². The minimum Gasteiger partial charge on any atom is -0.394 e. The Bertz CT molecular complexity index is 222. The zero-order valence-corrected chi connectivity index (χ0v) is 7.28. The topological polar surface area (TPSA) is 133 Å². The van der Waals surface area contributed by atoms with Crippen molar-refractivity contribution in [1.29, 1.82) is 0 Å². The molecule has 14 heavy (non-hydrogen) atoms. The molecule has 82 valence electrons. The molecule has 0 aliphatic carbocycles. The van der Waals surface area contributed by atoms with Crippen molar-refractivity contribution in [3.05, 3.63) is 0 Å². The van der Waals surface area contributed by atoms with Gasteiger partial charge in [0.2, 0.25) is 5.91 Å². The zero-order chi connectivity index (χ0) is 10.9. The molecule has 1 fully saturated rings. The number of aliphatic hydroxyl groups is 4. The lowest BCUT2D eigenvalue weighted by Gasteiger charge is -2.38. The number of aliphatic hydroxyl groups excluding tert-OH is 4. The van der Waals surface area contributed by atoms with Crippen molar-refractivity contribution < 1.29 is 30.0 Å². The molecule has 0 aromatic heterocycles. The molecule has 0 radical (unpaired) electrons. The Kier molecular flexibility index (Phi) is 3.40. The Labute approximate surface area is 79.7 Å². The number of rotatable bonds is 2. The number of hydrogen-bond donors (Lipinski definition) is 5. The average Bonchev–Trinajstić information content (AvgIpc) is 2.10. The fraction of sp³-hybridized carbons (Fsp3) is 0.857. The van der Waals surface area contributed by atoms with Gasteiger partial charge in [0, 0.05) is 0 Å². The van der Waals surface area contributed by atoms with Crippen LogP contribution < -0.4 is 5.73 Å². The Balaban J connectivity index is 2.79. The maximum Gasteiger partial charge on any atom is 0.228 e. The molecule has 0 aromatic rings. The highest BCUT2D eigenvalue weighted by molar-refractivity contribution is 5.77. The third kappa shape index (κ3) is 1.86. The number of amides is 1. The van der Waals surface area contributed by atoms with Gasteiger partial charge < -0.3 is 30.9 Å². The second-order valence-corrected chi connectivity index (χ2v) is 3.16. The minimum absolute atomic E-state index is 0.569. The summed E-state index contributed by atoms with van der Waals surface area (Å²) in [4.78, 5) is 10.8. The molecule has 1 heterocycles. The maximum absolute atomic E-state index is 10.8. The van der Waals surface area contributed by atoms with Crippen molar-refractivity contribution in [2.45, 2.75) is 24.6 Å². The van der Waals surface area contributed by atoms with E-state index in [2.05, 4.69) is 4.74 Å². The first kappa shape index (κ1) is 11.3. The van der Waals surface area contributed by atoms with Gasteiger partial charge >= 0.3 is 0 Å². The van der Waals surface area contributed by atoms with Crippen molar-refractivity contribution in [1.82, 2.24) is 0 Å². The summed E-state index contributed by atoms with van der Waals surface area (Å²) in [6.45, 7) is -0.569. The number of primary amides is 1. The molecule has 1 saturated heterocycles. The SMILES string of the molecule is NC(=O)[C@@H]1[C@@H](O)[C@H](O)[C@@H](CO)O[C@H]1O. The summed E-state index contributed by atoms with van der Waals surface area (Å²) in [5, 5.41) is 36.6. The molecule has 0 unspecified atom stereocenters. The third-order valence-electron chi connectivity index (χ3n) is 2.23. The van der Waals surface area contributed by atoms with Gasteiger partial charge in [-0.05, 0) is 0 Å². The van der Waals surface area contributed by atoms with Crippen LogP contribution in [0.2, 0.25) is 0 Å². The molecule has 7 heteroatoms. The average molecular weight is 207 g/mol. The van der Waals surface area contributed by atoms with E-state index in [9.17, 15) is 20.1 Å². The molecular formula is C7H13NO6. The molecule has 0 bridgehead atoms. The van der Waals surface area contributed by atoms with E-state index < -0.39 is 43.0 Å². The Morgan fingerprint density at radius 2 is 1.86 bits per heavy atom. The van der Waals surface area contributed by atoms with Crippen molar-refractivity contribution >= 4 is 5.91 Å². The van der Waals surface area contributed by atoms with Crippen molar-refractivity contribution in [3.63, 3.8) is 0 Å². The van der Waals surface area contributed by atoms with E-state index in [4.69, 9.17) is 10.8 Å². The molecule has 6 N–H and O–H groups in total. The van der Waals surface area contributed by atoms with Crippen molar-refractivity contribution in [3.8, 4) is 0 Å². The smallest absolute Gasteiger partial charge is 0.228 e. The maximum atomic E-state index is 10.8. The Morgan fingerprint density at radius 3 is 2.29 bits per heavy atom. The molecule has 1 aliphatic heterocycles. The fourth-order valence-corrected chi connectivity index (χ4v) is 1.41. The van der Waals surface area contributed by atoms with Crippen LogP contribution in [0.15, 0.2) is 0 Å². The van der Waals surface area contributed by atoms with E-state index in [0.717, 1.165) is 0 Å². The van der Waals surface area contributed by atoms with Crippen LogP contribution in [0.5, 0.6) is 0 Å². The molecule has 7 nitrogen and oxygen atoms in total. The van der Waals surface area contributed by atoms with E-state index in [0.29, 0.717) is 0 Å². The molecule has 0 spiro atoms. The number of nitrogens with two attached hydrogens (primary N) is 1. The standard InChI is InChI=1S/C7H13NO6/c8-6(12)3-5(11)4(10)2(1-9)14-7(3)13/h2-5,7,9-11,13H,1H2,(H2,8,12)/t2-,3+,4-,5-,7-/m1/s1. The molecule has 1 rings (SSSR count). The van der Waals surface area contributed by atoms with Crippen LogP contribution in [0.25, 0.3) is 0 Å². The highest BCUT2D eigenvalue weighted by atomic mass is 16.6. The van der Waals surface area contributed by atoms with Gasteiger partial charge in [0.25, 0.3) is 0 Å². The van der Waals surface area contributed by atoms with Crippen molar-refractivity contribution in [2.75, 3.05) is 6.61 Å². The molecular weight excluding hydrogens is 194 g/mol. The van der Waals surface area contributed by atoms with Gasteiger partial charge in [-0.1, -0.05) is 0 Å². The lowest BCUT2D eigenvalue weighted by molar-refractivity contribution is -0.263. The predicted octanol–water partition coefficient (Wildman–Crippen LogP) is -3.48. The van der Waals surface area contributed by atoms with Gasteiger partial charge in [0.05, 0.1) is 12.7 Å². The predicted molar refractivity (Wildman–Crippen MR) is 42.7 cm³/mol. The second-order valence-electron chi connectivity index (χ2n) is 3.16. The fourth-order valence-electron chi connectivity index (χ4n) is 1.41. The van der Waals surface area contributed by atoms with Crippen LogP contribution in [0.3, 0.4) is 0 Å². The number of carbonyl (C=O) groups is 1. The molecule has 1 amide bonds. The van der Waals surface area contributed by atoms with E-state index in [1.54, 1.807) is 0 Å². The lowest BCUT2D eigenvalue weighted by atomic mass is 9.90. The highest BCUT2D eigenvalue weighted by Gasteiger charge is 2.46. The number of ether oxygens (including phenoxy) is 1. The van der Waals surface area contributed by atoms with Gasteiger partial charge in [-0.25, -0.2) is 0 Å². The van der Waals surface area contributed by atoms with Crippen LogP contribution in [-0.2, 0) is 9.53 Å². The number of carbonyl (C=O) groups excluding carboxylic acids is 1. The van der Waals surface area contributed by atoms with Crippen LogP contribution in [-0.4, -0.2) is 57.5 Å². The van der Waals surface area contributed by atoms with E-state index in [-0.39, 0.29) is 0 Å². The largest absolute Gasteiger partial charge is 0.394 e. The quantitative estimate of drug-likeness (QED) is 0.319. The van der Waals surface area contributed by atoms with Crippen LogP contribution in [0.4, 0.5) is 0 Å². The van der Waals surface area contributed by atoms with Crippen LogP contribution >= 0.6 is 0 Å². The van der Waals surface area contributed by atoms with E-state index in [1.165, 1.54) is 0 Å². The summed E-state index contributed by atoms with van der Waals surface area (Å²) >= 11 is 0. The summed E-state index contributed by atoms with van der Waals surface area (Å²) in [7, 11) is 0. The molecule has 0 aromatic carbocycles. The third-order valence-corrected chi connectivity index (χ3v) is 2.23. The number of hydrogen-bond acceptors (Lipinski definition) is 6. The monoisotopic (exact) mass is 207 g/mol. The van der Waals surface area contributed by atoms with Gasteiger partial charge in [-0.3, -0.25) is 4.79 Å². The van der Waals surface area contributed by atoms with Crippen LogP contribution in [0.1, 0.15) is 0 Å². The summed E-state index contributed by atoms with van der Waals surface area (Å²) in [5.74, 6) is -2.35. The normalized spacial score (nSPS) is 43.6. The first-order valence-corrected chi connectivity index (χ1v) is 4.09. The van der Waals surface area contributed by atoms with Gasteiger partial charge in [0.1, 0.15) is 18.1 Å². The van der Waals surface area contributed by atoms with Gasteiger partial charge in [0.15, 0.2) is 6.29 Å². The zero-order valence-electron chi connectivity index (χ0n) is 7.28. The summed E-state index contributed by atoms with van der Waals surface area (Å²) < 4.78 is 4.69. The minimum atomic E-state index is -1.61. The first-order chi connectivity index (χ1) is 6.49. The van der Waals surface area contributed by atoms with Crippen molar-refractivity contribution in [2.24, 2.45) is 11.7 Å². The van der Waals surface area contributed by atoms with Gasteiger partial charge in [-0.2, -0.15) is 0 Å². The Hall–Kier alpha value is -0.730. The summed E-state index contributed by atoms with van der Waals surface area (Å²) in [6.07, 6.45) is -5.70. The van der Waals surface area contributed by atoms with Crippen LogP contribution in [0, 0.1) is 5.92 Å².